The average molecular weight is 632 g/mol. The number of cyclic esters (lactones) is 1. The normalized spacial score (nSPS) is 14.5. The molecule has 0 spiro atoms. The molecule has 0 radical (unpaired) electrons. The van der Waals surface area contributed by atoms with Crippen molar-refractivity contribution in [2.75, 3.05) is 0 Å². The molecule has 3 rings (SSSR count). The van der Waals surface area contributed by atoms with Crippen molar-refractivity contribution < 1.29 is 24.0 Å². The van der Waals surface area contributed by atoms with Gasteiger partial charge in [-0.3, -0.25) is 14.9 Å². The lowest BCUT2D eigenvalue weighted by Crippen LogP contribution is -2.08. The van der Waals surface area contributed by atoms with Crippen LogP contribution < -0.4 is 4.74 Å². The molecule has 0 unspecified atom stereocenters. The molecule has 2 aromatic carbocycles. The number of esters is 2. The van der Waals surface area contributed by atoms with Crippen LogP contribution in [0, 0.1) is 24.2 Å². The highest BCUT2D eigenvalue weighted by Crippen LogP contribution is 2.31. The van der Waals surface area contributed by atoms with Crippen molar-refractivity contribution in [3.05, 3.63) is 70.0 Å². The summed E-state index contributed by atoms with van der Waals surface area (Å²) < 4.78 is 12.0. The molecule has 0 amide bonds. The second-order valence-corrected chi connectivity index (χ2v) is 8.56. The number of halogens is 2. The second-order valence-electron chi connectivity index (χ2n) is 6.24. The second kappa shape index (κ2) is 9.20. The Labute approximate surface area is 198 Å². The number of hydrogen-bond donors (Lipinski definition) is 0. The molecule has 0 aromatic heterocycles. The van der Waals surface area contributed by atoms with Gasteiger partial charge in [0.25, 0.3) is 5.69 Å². The molecule has 0 atom stereocenters. The number of aliphatic imine (C=N–C) groups is 1. The monoisotopic (exact) mass is 632 g/mol. The maximum atomic E-state index is 12.3. The fraction of sp³-hybridized carbons (Fsp3) is 0.150. The molecular formula is C20H14I2N2O6. The number of nitro benzene ring substituents is 1. The van der Waals surface area contributed by atoms with E-state index in [1.165, 1.54) is 12.1 Å². The smallest absolute Gasteiger partial charge is 0.363 e. The van der Waals surface area contributed by atoms with Crippen LogP contribution in [0.1, 0.15) is 30.0 Å². The first-order valence-corrected chi connectivity index (χ1v) is 10.8. The Kier molecular flexibility index (Phi) is 6.85. The molecule has 0 saturated heterocycles. The number of aryl methyl sites for hydroxylation is 1. The van der Waals surface area contributed by atoms with E-state index >= 15 is 0 Å². The Bertz CT molecular complexity index is 1120. The van der Waals surface area contributed by atoms with E-state index in [2.05, 4.69) is 50.2 Å². The molecule has 0 saturated carbocycles. The summed E-state index contributed by atoms with van der Waals surface area (Å²) in [5.74, 6) is -0.386. The molecular weight excluding hydrogens is 618 g/mol. The molecule has 154 valence electrons. The zero-order chi connectivity index (χ0) is 22.0. The number of hydrogen-bond acceptors (Lipinski definition) is 7. The third-order valence-electron chi connectivity index (χ3n) is 4.09. The van der Waals surface area contributed by atoms with Crippen molar-refractivity contribution in [2.45, 2.75) is 20.3 Å². The summed E-state index contributed by atoms with van der Waals surface area (Å²) in [5, 5.41) is 11.0. The predicted molar refractivity (Wildman–Crippen MR) is 126 cm³/mol. The van der Waals surface area contributed by atoms with Crippen LogP contribution in [0.3, 0.4) is 0 Å². The van der Waals surface area contributed by atoms with Crippen molar-refractivity contribution in [3.8, 4) is 5.75 Å². The SMILES string of the molecule is CCC(=O)Oc1c(I)cc(/C=C2\N=C(c3ccc([N+](=O)[O-])c(C)c3)OC2=O)cc1I. The Morgan fingerprint density at radius 3 is 2.50 bits per heavy atom. The molecule has 1 heterocycles. The molecule has 0 fully saturated rings. The van der Waals surface area contributed by atoms with Gasteiger partial charge in [-0.15, -0.1) is 0 Å². The summed E-state index contributed by atoms with van der Waals surface area (Å²) in [6.07, 6.45) is 1.84. The Hall–Kier alpha value is -2.35. The number of benzene rings is 2. The maximum Gasteiger partial charge on any atom is 0.363 e. The van der Waals surface area contributed by atoms with Crippen LogP contribution >= 0.6 is 45.2 Å². The number of nitrogens with zero attached hydrogens (tertiary/aromatic N) is 2. The number of rotatable bonds is 5. The van der Waals surface area contributed by atoms with Gasteiger partial charge >= 0.3 is 11.9 Å². The number of nitro groups is 1. The minimum atomic E-state index is -0.618. The van der Waals surface area contributed by atoms with Crippen LogP contribution in [0.2, 0.25) is 0 Å². The van der Waals surface area contributed by atoms with Crippen molar-refractivity contribution in [2.24, 2.45) is 4.99 Å². The lowest BCUT2D eigenvalue weighted by Gasteiger charge is -2.09. The van der Waals surface area contributed by atoms with Crippen LogP contribution in [-0.4, -0.2) is 22.8 Å². The molecule has 0 bridgehead atoms. The summed E-state index contributed by atoms with van der Waals surface area (Å²) >= 11 is 4.12. The van der Waals surface area contributed by atoms with Crippen molar-refractivity contribution in [1.82, 2.24) is 0 Å². The molecule has 1 aliphatic heterocycles. The van der Waals surface area contributed by atoms with Crippen LogP contribution in [-0.2, 0) is 14.3 Å². The fourth-order valence-corrected chi connectivity index (χ4v) is 4.67. The minimum absolute atomic E-state index is 0.0209. The lowest BCUT2D eigenvalue weighted by molar-refractivity contribution is -0.385. The first-order valence-electron chi connectivity index (χ1n) is 8.67. The van der Waals surface area contributed by atoms with E-state index < -0.39 is 10.9 Å². The Morgan fingerprint density at radius 1 is 1.27 bits per heavy atom. The average Bonchev–Trinajstić information content (AvgIpc) is 3.04. The van der Waals surface area contributed by atoms with Gasteiger partial charge in [0.1, 0.15) is 0 Å². The minimum Gasteiger partial charge on any atom is -0.424 e. The van der Waals surface area contributed by atoms with E-state index in [-0.39, 0.29) is 29.7 Å². The van der Waals surface area contributed by atoms with Crippen molar-refractivity contribution in [3.63, 3.8) is 0 Å². The Balaban J connectivity index is 1.92. The summed E-state index contributed by atoms with van der Waals surface area (Å²) in [4.78, 5) is 38.6. The van der Waals surface area contributed by atoms with Gasteiger partial charge in [0, 0.05) is 23.6 Å². The highest BCUT2D eigenvalue weighted by molar-refractivity contribution is 14.1. The van der Waals surface area contributed by atoms with Crippen LogP contribution in [0.15, 0.2) is 41.0 Å². The fourth-order valence-electron chi connectivity index (χ4n) is 2.63. The zero-order valence-corrected chi connectivity index (χ0v) is 20.1. The molecule has 0 N–H and O–H groups in total. The van der Waals surface area contributed by atoms with E-state index in [1.54, 1.807) is 38.1 Å². The molecule has 1 aliphatic rings. The number of carbonyl (C=O) groups excluding carboxylic acids is 2. The van der Waals surface area contributed by atoms with E-state index in [1.807, 2.05) is 0 Å². The molecule has 30 heavy (non-hydrogen) atoms. The molecule has 0 aliphatic carbocycles. The first kappa shape index (κ1) is 22.3. The van der Waals surface area contributed by atoms with Gasteiger partial charge in [0.2, 0.25) is 5.90 Å². The van der Waals surface area contributed by atoms with E-state index in [0.29, 0.717) is 22.4 Å². The molecule has 8 nitrogen and oxygen atoms in total. The third-order valence-corrected chi connectivity index (χ3v) is 5.69. The largest absolute Gasteiger partial charge is 0.424 e. The molecule has 2 aromatic rings. The van der Waals surface area contributed by atoms with Crippen LogP contribution in [0.25, 0.3) is 6.08 Å². The Morgan fingerprint density at radius 2 is 1.93 bits per heavy atom. The highest BCUT2D eigenvalue weighted by Gasteiger charge is 2.25. The quantitative estimate of drug-likeness (QED) is 0.117. The summed E-state index contributed by atoms with van der Waals surface area (Å²) in [6.45, 7) is 3.32. The predicted octanol–water partition coefficient (Wildman–Crippen LogP) is 4.77. The lowest BCUT2D eigenvalue weighted by atomic mass is 10.1. The summed E-state index contributed by atoms with van der Waals surface area (Å²) in [6, 6.07) is 7.93. The van der Waals surface area contributed by atoms with Gasteiger partial charge < -0.3 is 9.47 Å². The number of carbonyl (C=O) groups is 2. The van der Waals surface area contributed by atoms with E-state index in [9.17, 15) is 19.7 Å². The van der Waals surface area contributed by atoms with Gasteiger partial charge in [0.05, 0.1) is 12.1 Å². The highest BCUT2D eigenvalue weighted by atomic mass is 127. The summed E-state index contributed by atoms with van der Waals surface area (Å²) in [7, 11) is 0. The van der Waals surface area contributed by atoms with Gasteiger partial charge in [-0.2, -0.15) is 0 Å². The zero-order valence-electron chi connectivity index (χ0n) is 15.8. The van der Waals surface area contributed by atoms with Gasteiger partial charge in [0.15, 0.2) is 11.4 Å². The van der Waals surface area contributed by atoms with Crippen molar-refractivity contribution in [1.29, 1.82) is 0 Å². The molecule has 10 heteroatoms. The third kappa shape index (κ3) is 4.86. The van der Waals surface area contributed by atoms with Crippen LogP contribution in [0.4, 0.5) is 5.69 Å². The standard InChI is InChI=1S/C20H14I2N2O6/c1-3-17(25)29-18-13(21)7-11(8-14(18)22)9-15-20(26)30-19(23-15)12-4-5-16(24(27)28)10(2)6-12/h4-9H,3H2,1-2H3/b15-9-. The van der Waals surface area contributed by atoms with E-state index in [4.69, 9.17) is 9.47 Å². The van der Waals surface area contributed by atoms with Gasteiger partial charge in [-0.05, 0) is 88.0 Å². The topological polar surface area (TPSA) is 108 Å². The maximum absolute atomic E-state index is 12.3. The first-order chi connectivity index (χ1) is 14.2. The van der Waals surface area contributed by atoms with E-state index in [0.717, 1.165) is 7.14 Å². The van der Waals surface area contributed by atoms with Crippen molar-refractivity contribution >= 4 is 74.8 Å². The summed E-state index contributed by atoms with van der Waals surface area (Å²) in [5.41, 5.74) is 1.69. The van der Waals surface area contributed by atoms with Gasteiger partial charge in [-0.1, -0.05) is 6.92 Å². The number of ether oxygens (including phenoxy) is 2. The van der Waals surface area contributed by atoms with Gasteiger partial charge in [-0.25, -0.2) is 9.79 Å². The van der Waals surface area contributed by atoms with Crippen LogP contribution in [0.5, 0.6) is 5.75 Å².